The van der Waals surface area contributed by atoms with Crippen molar-refractivity contribution in [1.82, 2.24) is 9.36 Å². The third-order valence-electron chi connectivity index (χ3n) is 3.40. The maximum atomic E-state index is 12.2. The van der Waals surface area contributed by atoms with Gasteiger partial charge < -0.3 is 9.47 Å². The molecule has 2 aromatic carbocycles. The molecule has 0 radical (unpaired) electrons. The monoisotopic (exact) mass is 355 g/mol. The molecule has 0 aliphatic heterocycles. The van der Waals surface area contributed by atoms with Crippen LogP contribution >= 0.6 is 11.5 Å². The molecule has 25 heavy (non-hydrogen) atoms. The number of nitrogens with zero attached hydrogens (tertiary/aromatic N) is 2. The van der Waals surface area contributed by atoms with E-state index in [9.17, 15) is 4.79 Å². The summed E-state index contributed by atoms with van der Waals surface area (Å²) in [4.78, 5) is 16.5. The van der Waals surface area contributed by atoms with Gasteiger partial charge in [0.15, 0.2) is 17.3 Å². The normalized spacial score (nSPS) is 10.3. The molecule has 0 aliphatic carbocycles. The minimum Gasteiger partial charge on any atom is -0.493 e. The Kier molecular flexibility index (Phi) is 5.25. The first-order valence-electron chi connectivity index (χ1n) is 7.72. The van der Waals surface area contributed by atoms with Gasteiger partial charge in [-0.1, -0.05) is 18.2 Å². The summed E-state index contributed by atoms with van der Waals surface area (Å²) in [6.07, 6.45) is 0. The first kappa shape index (κ1) is 16.9. The molecule has 1 heterocycles. The molecule has 1 aromatic heterocycles. The Morgan fingerprint density at radius 2 is 1.96 bits per heavy atom. The van der Waals surface area contributed by atoms with Crippen LogP contribution in [0.15, 0.2) is 48.5 Å². The SMILES string of the molecule is CCOc1ccc(-c2nsc(NC(=O)c3ccccc3)n2)cc1OC. The average Bonchev–Trinajstić information content (AvgIpc) is 3.11. The van der Waals surface area contributed by atoms with E-state index in [1.165, 1.54) is 0 Å². The van der Waals surface area contributed by atoms with E-state index in [2.05, 4.69) is 14.7 Å². The summed E-state index contributed by atoms with van der Waals surface area (Å²) in [5.41, 5.74) is 1.36. The molecule has 3 rings (SSSR count). The summed E-state index contributed by atoms with van der Waals surface area (Å²) in [5.74, 6) is 1.59. The van der Waals surface area contributed by atoms with Crippen LogP contribution in [0.25, 0.3) is 11.4 Å². The lowest BCUT2D eigenvalue weighted by atomic mass is 10.2. The number of ether oxygens (including phenoxy) is 2. The number of rotatable bonds is 6. The van der Waals surface area contributed by atoms with Crippen molar-refractivity contribution in [3.63, 3.8) is 0 Å². The van der Waals surface area contributed by atoms with Gasteiger partial charge in [-0.25, -0.2) is 0 Å². The van der Waals surface area contributed by atoms with E-state index in [-0.39, 0.29) is 5.91 Å². The van der Waals surface area contributed by atoms with Crippen molar-refractivity contribution in [2.24, 2.45) is 0 Å². The first-order chi connectivity index (χ1) is 12.2. The van der Waals surface area contributed by atoms with Crippen LogP contribution in [0, 0.1) is 0 Å². The van der Waals surface area contributed by atoms with Gasteiger partial charge in [0.25, 0.3) is 5.91 Å². The molecule has 3 aromatic rings. The zero-order valence-electron chi connectivity index (χ0n) is 13.9. The van der Waals surface area contributed by atoms with Gasteiger partial charge in [0, 0.05) is 22.7 Å². The molecule has 0 saturated heterocycles. The van der Waals surface area contributed by atoms with Crippen molar-refractivity contribution in [2.45, 2.75) is 6.92 Å². The molecular formula is C18H17N3O3S. The lowest BCUT2D eigenvalue weighted by Gasteiger charge is -2.09. The second-order valence-electron chi connectivity index (χ2n) is 5.04. The summed E-state index contributed by atoms with van der Waals surface area (Å²) < 4.78 is 15.2. The van der Waals surface area contributed by atoms with Gasteiger partial charge in [0.05, 0.1) is 13.7 Å². The van der Waals surface area contributed by atoms with Crippen molar-refractivity contribution in [3.8, 4) is 22.9 Å². The van der Waals surface area contributed by atoms with E-state index in [0.29, 0.717) is 34.6 Å². The third kappa shape index (κ3) is 3.95. The summed E-state index contributed by atoms with van der Waals surface area (Å²) in [6, 6.07) is 14.5. The lowest BCUT2D eigenvalue weighted by Crippen LogP contribution is -2.11. The quantitative estimate of drug-likeness (QED) is 0.727. The van der Waals surface area contributed by atoms with Crippen molar-refractivity contribution in [3.05, 3.63) is 54.1 Å². The molecule has 0 aliphatic rings. The highest BCUT2D eigenvalue weighted by Gasteiger charge is 2.13. The van der Waals surface area contributed by atoms with Crippen LogP contribution in [0.1, 0.15) is 17.3 Å². The van der Waals surface area contributed by atoms with Gasteiger partial charge >= 0.3 is 0 Å². The second kappa shape index (κ2) is 7.76. The summed E-state index contributed by atoms with van der Waals surface area (Å²) in [6.45, 7) is 2.47. The number of anilines is 1. The van der Waals surface area contributed by atoms with Crippen LogP contribution in [-0.4, -0.2) is 29.0 Å². The fourth-order valence-corrected chi connectivity index (χ4v) is 2.82. The van der Waals surface area contributed by atoms with Crippen LogP contribution in [0.2, 0.25) is 0 Å². The molecule has 0 atom stereocenters. The number of aromatic nitrogens is 2. The largest absolute Gasteiger partial charge is 0.493 e. The average molecular weight is 355 g/mol. The number of hydrogen-bond acceptors (Lipinski definition) is 6. The smallest absolute Gasteiger partial charge is 0.257 e. The van der Waals surface area contributed by atoms with Crippen LogP contribution in [0.4, 0.5) is 5.13 Å². The standard InChI is InChI=1S/C18H17N3O3S/c1-3-24-14-10-9-13(11-15(14)23-2)16-19-18(25-21-16)20-17(22)12-7-5-4-6-8-12/h4-11H,3H2,1-2H3,(H,19,20,21,22). The van der Waals surface area contributed by atoms with E-state index in [1.807, 2.05) is 43.3 Å². The molecule has 6 nitrogen and oxygen atoms in total. The maximum absolute atomic E-state index is 12.2. The van der Waals surface area contributed by atoms with Crippen LogP contribution < -0.4 is 14.8 Å². The number of hydrogen-bond donors (Lipinski definition) is 1. The Labute approximate surface area is 149 Å². The van der Waals surface area contributed by atoms with E-state index >= 15 is 0 Å². The molecule has 128 valence electrons. The van der Waals surface area contributed by atoms with Crippen LogP contribution in [0.5, 0.6) is 11.5 Å². The Morgan fingerprint density at radius 1 is 1.16 bits per heavy atom. The molecule has 0 saturated carbocycles. The number of carbonyl (C=O) groups is 1. The number of nitrogens with one attached hydrogen (secondary N) is 1. The Bertz CT molecular complexity index is 865. The molecule has 1 amide bonds. The predicted octanol–water partition coefficient (Wildman–Crippen LogP) is 3.86. The highest BCUT2D eigenvalue weighted by molar-refractivity contribution is 7.10. The third-order valence-corrected chi connectivity index (χ3v) is 4.03. The topological polar surface area (TPSA) is 73.3 Å². The Hall–Kier alpha value is -2.93. The highest BCUT2D eigenvalue weighted by atomic mass is 32.1. The Balaban J connectivity index is 1.78. The van der Waals surface area contributed by atoms with E-state index in [4.69, 9.17) is 9.47 Å². The van der Waals surface area contributed by atoms with Crippen molar-refractivity contribution >= 4 is 22.6 Å². The maximum Gasteiger partial charge on any atom is 0.257 e. The van der Waals surface area contributed by atoms with Gasteiger partial charge in [0.2, 0.25) is 5.13 Å². The molecule has 0 fully saturated rings. The Morgan fingerprint density at radius 3 is 2.68 bits per heavy atom. The lowest BCUT2D eigenvalue weighted by molar-refractivity contribution is 0.102. The number of methoxy groups -OCH3 is 1. The minimum absolute atomic E-state index is 0.215. The first-order valence-corrected chi connectivity index (χ1v) is 8.50. The molecule has 1 N–H and O–H groups in total. The number of amides is 1. The molecule has 7 heteroatoms. The van der Waals surface area contributed by atoms with E-state index in [0.717, 1.165) is 17.1 Å². The van der Waals surface area contributed by atoms with Gasteiger partial charge in [-0.05, 0) is 37.3 Å². The molecular weight excluding hydrogens is 338 g/mol. The van der Waals surface area contributed by atoms with Gasteiger partial charge in [-0.3, -0.25) is 10.1 Å². The highest BCUT2D eigenvalue weighted by Crippen LogP contribution is 2.32. The molecule has 0 bridgehead atoms. The molecule has 0 spiro atoms. The minimum atomic E-state index is -0.215. The zero-order chi connectivity index (χ0) is 17.6. The summed E-state index contributed by atoms with van der Waals surface area (Å²) >= 11 is 1.13. The fraction of sp³-hybridized carbons (Fsp3) is 0.167. The van der Waals surface area contributed by atoms with Crippen molar-refractivity contribution < 1.29 is 14.3 Å². The predicted molar refractivity (Wildman–Crippen MR) is 97.5 cm³/mol. The van der Waals surface area contributed by atoms with Crippen molar-refractivity contribution in [2.75, 3.05) is 19.0 Å². The van der Waals surface area contributed by atoms with E-state index < -0.39 is 0 Å². The van der Waals surface area contributed by atoms with Crippen molar-refractivity contribution in [1.29, 1.82) is 0 Å². The summed E-state index contributed by atoms with van der Waals surface area (Å²) in [5, 5.41) is 3.20. The van der Waals surface area contributed by atoms with Crippen LogP contribution in [-0.2, 0) is 0 Å². The fourth-order valence-electron chi connectivity index (χ4n) is 2.23. The van der Waals surface area contributed by atoms with Crippen LogP contribution in [0.3, 0.4) is 0 Å². The number of carbonyl (C=O) groups excluding carboxylic acids is 1. The van der Waals surface area contributed by atoms with Gasteiger partial charge in [-0.2, -0.15) is 9.36 Å². The second-order valence-corrected chi connectivity index (χ2v) is 5.79. The van der Waals surface area contributed by atoms with Gasteiger partial charge in [-0.15, -0.1) is 0 Å². The number of benzene rings is 2. The zero-order valence-corrected chi connectivity index (χ0v) is 14.7. The van der Waals surface area contributed by atoms with Gasteiger partial charge in [0.1, 0.15) is 0 Å². The van der Waals surface area contributed by atoms with E-state index in [1.54, 1.807) is 19.2 Å². The summed E-state index contributed by atoms with van der Waals surface area (Å²) in [7, 11) is 1.58. The molecule has 0 unspecified atom stereocenters.